The van der Waals surface area contributed by atoms with Crippen LogP contribution < -0.4 is 4.90 Å². The third-order valence-corrected chi connectivity index (χ3v) is 6.28. The van der Waals surface area contributed by atoms with Crippen molar-refractivity contribution >= 4 is 27.3 Å². The second kappa shape index (κ2) is 6.47. The topological polar surface area (TPSA) is 40.6 Å². The summed E-state index contributed by atoms with van der Waals surface area (Å²) < 4.78 is 39.8. The van der Waals surface area contributed by atoms with Crippen LogP contribution in [0.15, 0.2) is 53.4 Å². The molecule has 0 atom stereocenters. The lowest BCUT2D eigenvalue weighted by atomic mass is 10.2. The van der Waals surface area contributed by atoms with Crippen molar-refractivity contribution in [1.82, 2.24) is 4.31 Å². The Morgan fingerprint density at radius 2 is 1.52 bits per heavy atom. The number of hydrogen-bond acceptors (Lipinski definition) is 3. The number of rotatable bonds is 3. The van der Waals surface area contributed by atoms with E-state index in [2.05, 4.69) is 0 Å². The molecule has 0 radical (unpaired) electrons. The van der Waals surface area contributed by atoms with Gasteiger partial charge in [-0.05, 0) is 36.4 Å². The average Bonchev–Trinajstić information content (AvgIpc) is 2.56. The van der Waals surface area contributed by atoms with Crippen LogP contribution in [0, 0.1) is 5.82 Å². The first kappa shape index (κ1) is 16.2. The Kier molecular flexibility index (Phi) is 4.57. The second-order valence-corrected chi connectivity index (χ2v) is 7.61. The van der Waals surface area contributed by atoms with Crippen molar-refractivity contribution in [3.8, 4) is 0 Å². The van der Waals surface area contributed by atoms with Crippen LogP contribution in [0.5, 0.6) is 0 Å². The maximum absolute atomic E-state index is 13.0. The number of benzene rings is 2. The van der Waals surface area contributed by atoms with Crippen LogP contribution >= 0.6 is 11.6 Å². The van der Waals surface area contributed by atoms with Gasteiger partial charge < -0.3 is 4.90 Å². The standard InChI is InChI=1S/C16H16ClFN2O2S/c17-15-3-1-2-4-16(15)23(21,22)20-11-9-19(10-12-20)14-7-5-13(18)6-8-14/h1-8H,9-12H2. The van der Waals surface area contributed by atoms with Gasteiger partial charge in [-0.1, -0.05) is 23.7 Å². The summed E-state index contributed by atoms with van der Waals surface area (Å²) in [5.41, 5.74) is 0.890. The fourth-order valence-corrected chi connectivity index (χ4v) is 4.55. The fourth-order valence-electron chi connectivity index (χ4n) is 2.63. The molecule has 1 aliphatic rings. The normalized spacial score (nSPS) is 16.5. The van der Waals surface area contributed by atoms with Crippen LogP contribution in [-0.4, -0.2) is 38.9 Å². The van der Waals surface area contributed by atoms with E-state index in [1.165, 1.54) is 22.5 Å². The van der Waals surface area contributed by atoms with Crippen LogP contribution in [0.25, 0.3) is 0 Å². The molecule has 0 aromatic heterocycles. The Bertz CT molecular complexity index is 788. The quantitative estimate of drug-likeness (QED) is 0.850. The molecule has 3 rings (SSSR count). The molecule has 1 saturated heterocycles. The third kappa shape index (κ3) is 3.34. The summed E-state index contributed by atoms with van der Waals surface area (Å²) in [6.45, 7) is 1.83. The molecule has 0 bridgehead atoms. The molecule has 4 nitrogen and oxygen atoms in total. The molecular weight excluding hydrogens is 339 g/mol. The summed E-state index contributed by atoms with van der Waals surface area (Å²) in [4.78, 5) is 2.18. The van der Waals surface area contributed by atoms with E-state index in [1.807, 2.05) is 4.90 Å². The van der Waals surface area contributed by atoms with Crippen molar-refractivity contribution in [2.45, 2.75) is 4.90 Å². The summed E-state index contributed by atoms with van der Waals surface area (Å²) >= 11 is 6.02. The van der Waals surface area contributed by atoms with Crippen LogP contribution in [0.4, 0.5) is 10.1 Å². The molecular formula is C16H16ClFN2O2S. The van der Waals surface area contributed by atoms with E-state index in [4.69, 9.17) is 11.6 Å². The predicted octanol–water partition coefficient (Wildman–Crippen LogP) is 2.99. The smallest absolute Gasteiger partial charge is 0.244 e. The molecule has 7 heteroatoms. The van der Waals surface area contributed by atoms with Crippen molar-refractivity contribution in [2.24, 2.45) is 0 Å². The fraction of sp³-hybridized carbons (Fsp3) is 0.250. The van der Waals surface area contributed by atoms with Crippen molar-refractivity contribution in [2.75, 3.05) is 31.1 Å². The zero-order chi connectivity index (χ0) is 16.4. The highest BCUT2D eigenvalue weighted by atomic mass is 35.5. The first-order valence-corrected chi connectivity index (χ1v) is 9.05. The lowest BCUT2D eigenvalue weighted by Gasteiger charge is -2.35. The van der Waals surface area contributed by atoms with Crippen LogP contribution in [0.3, 0.4) is 0 Å². The van der Waals surface area contributed by atoms with Crippen molar-refractivity contribution in [3.63, 3.8) is 0 Å². The number of nitrogens with zero attached hydrogens (tertiary/aromatic N) is 2. The van der Waals surface area contributed by atoms with Crippen LogP contribution in [0.2, 0.25) is 5.02 Å². The SMILES string of the molecule is O=S(=O)(c1ccccc1Cl)N1CCN(c2ccc(F)cc2)CC1. The minimum atomic E-state index is -3.59. The Morgan fingerprint density at radius 1 is 0.913 bits per heavy atom. The second-order valence-electron chi connectivity index (χ2n) is 5.30. The molecule has 2 aromatic rings. The maximum atomic E-state index is 13.0. The highest BCUT2D eigenvalue weighted by Crippen LogP contribution is 2.26. The van der Waals surface area contributed by atoms with E-state index in [0.29, 0.717) is 26.2 Å². The Balaban J connectivity index is 1.74. The molecule has 2 aromatic carbocycles. The minimum Gasteiger partial charge on any atom is -0.369 e. The van der Waals surface area contributed by atoms with Gasteiger partial charge >= 0.3 is 0 Å². The Labute approximate surface area is 140 Å². The van der Waals surface area contributed by atoms with Crippen molar-refractivity contribution < 1.29 is 12.8 Å². The van der Waals surface area contributed by atoms with Gasteiger partial charge in [-0.15, -0.1) is 0 Å². The number of sulfonamides is 1. The number of hydrogen-bond donors (Lipinski definition) is 0. The first-order valence-electron chi connectivity index (χ1n) is 7.24. The van der Waals surface area contributed by atoms with Gasteiger partial charge in [0, 0.05) is 31.9 Å². The summed E-state index contributed by atoms with van der Waals surface area (Å²) in [7, 11) is -3.59. The van der Waals surface area contributed by atoms with Gasteiger partial charge in [-0.3, -0.25) is 0 Å². The highest BCUT2D eigenvalue weighted by molar-refractivity contribution is 7.89. The van der Waals surface area contributed by atoms with Gasteiger partial charge in [-0.25, -0.2) is 12.8 Å². The summed E-state index contributed by atoms with van der Waals surface area (Å²) in [6.07, 6.45) is 0. The largest absolute Gasteiger partial charge is 0.369 e. The van der Waals surface area contributed by atoms with E-state index >= 15 is 0 Å². The van der Waals surface area contributed by atoms with E-state index in [-0.39, 0.29) is 15.7 Å². The molecule has 1 fully saturated rings. The third-order valence-electron chi connectivity index (χ3n) is 3.88. The van der Waals surface area contributed by atoms with Crippen molar-refractivity contribution in [3.05, 3.63) is 59.4 Å². The zero-order valence-corrected chi connectivity index (χ0v) is 13.9. The molecule has 0 aliphatic carbocycles. The molecule has 0 saturated carbocycles. The summed E-state index contributed by atoms with van der Waals surface area (Å²) in [5.74, 6) is -0.284. The van der Waals surface area contributed by atoms with E-state index < -0.39 is 10.0 Å². The molecule has 0 unspecified atom stereocenters. The minimum absolute atomic E-state index is 0.136. The highest BCUT2D eigenvalue weighted by Gasteiger charge is 2.29. The summed E-state index contributed by atoms with van der Waals surface area (Å²) in [5, 5.41) is 0.230. The maximum Gasteiger partial charge on any atom is 0.244 e. The molecule has 1 aliphatic heterocycles. The Morgan fingerprint density at radius 3 is 2.13 bits per heavy atom. The molecule has 0 amide bonds. The van der Waals surface area contributed by atoms with Gasteiger partial charge in [0.1, 0.15) is 10.7 Å². The lowest BCUT2D eigenvalue weighted by molar-refractivity contribution is 0.385. The molecule has 122 valence electrons. The van der Waals surface area contributed by atoms with E-state index in [0.717, 1.165) is 5.69 Å². The zero-order valence-electron chi connectivity index (χ0n) is 12.3. The molecule has 23 heavy (non-hydrogen) atoms. The molecule has 1 heterocycles. The Hall–Kier alpha value is -1.63. The van der Waals surface area contributed by atoms with Gasteiger partial charge in [-0.2, -0.15) is 4.31 Å². The number of piperazine rings is 1. The average molecular weight is 355 g/mol. The molecule has 0 spiro atoms. The van der Waals surface area contributed by atoms with E-state index in [1.54, 1.807) is 30.3 Å². The lowest BCUT2D eigenvalue weighted by Crippen LogP contribution is -2.48. The van der Waals surface area contributed by atoms with Gasteiger partial charge in [0.25, 0.3) is 0 Å². The van der Waals surface area contributed by atoms with Crippen LogP contribution in [-0.2, 0) is 10.0 Å². The van der Waals surface area contributed by atoms with Crippen molar-refractivity contribution in [1.29, 1.82) is 0 Å². The monoisotopic (exact) mass is 354 g/mol. The summed E-state index contributed by atoms with van der Waals surface area (Å²) in [6, 6.07) is 12.7. The van der Waals surface area contributed by atoms with Crippen LogP contribution in [0.1, 0.15) is 0 Å². The van der Waals surface area contributed by atoms with Gasteiger partial charge in [0.2, 0.25) is 10.0 Å². The number of anilines is 1. The predicted molar refractivity (Wildman–Crippen MR) is 88.8 cm³/mol. The van der Waals surface area contributed by atoms with Gasteiger partial charge in [0.15, 0.2) is 0 Å². The van der Waals surface area contributed by atoms with Gasteiger partial charge in [0.05, 0.1) is 5.02 Å². The number of halogens is 2. The van der Waals surface area contributed by atoms with E-state index in [9.17, 15) is 12.8 Å². The molecule has 0 N–H and O–H groups in total. The first-order chi connectivity index (χ1) is 11.0.